The normalized spacial score (nSPS) is 10.5. The Morgan fingerprint density at radius 1 is 0.955 bits per heavy atom. The summed E-state index contributed by atoms with van der Waals surface area (Å²) in [6.45, 7) is 1.88. The van der Waals surface area contributed by atoms with E-state index < -0.39 is 0 Å². The lowest BCUT2D eigenvalue weighted by atomic mass is 10.0. The second kappa shape index (κ2) is 5.90. The third kappa shape index (κ3) is 2.66. The summed E-state index contributed by atoms with van der Waals surface area (Å²) in [7, 11) is 1.61. The molecule has 0 spiro atoms. The van der Waals surface area contributed by atoms with Gasteiger partial charge < -0.3 is 9.47 Å². The lowest BCUT2D eigenvalue weighted by molar-refractivity contribution is 0.0735. The summed E-state index contributed by atoms with van der Waals surface area (Å²) < 4.78 is 10.7. The molecule has 0 aromatic heterocycles. The fraction of sp³-hybridized carbons (Fsp3) is 0.105. The Morgan fingerprint density at radius 3 is 2.50 bits per heavy atom. The molecule has 0 bridgehead atoms. The highest BCUT2D eigenvalue weighted by Gasteiger charge is 2.13. The Balaban J connectivity index is 1.94. The van der Waals surface area contributed by atoms with Crippen LogP contribution >= 0.6 is 0 Å². The topological polar surface area (TPSA) is 35.5 Å². The minimum atomic E-state index is -0.356. The summed E-state index contributed by atoms with van der Waals surface area (Å²) in [5.41, 5.74) is 1.42. The molecule has 3 heteroatoms. The molecule has 3 aromatic carbocycles. The van der Waals surface area contributed by atoms with Crippen molar-refractivity contribution in [1.29, 1.82) is 0 Å². The van der Waals surface area contributed by atoms with Crippen molar-refractivity contribution < 1.29 is 14.3 Å². The van der Waals surface area contributed by atoms with Crippen LogP contribution < -0.4 is 9.47 Å². The van der Waals surface area contributed by atoms with Gasteiger partial charge in [-0.1, -0.05) is 36.4 Å². The van der Waals surface area contributed by atoms with E-state index in [9.17, 15) is 4.79 Å². The maximum Gasteiger partial charge on any atom is 0.344 e. The van der Waals surface area contributed by atoms with E-state index in [1.165, 1.54) is 0 Å². The van der Waals surface area contributed by atoms with E-state index >= 15 is 0 Å². The summed E-state index contributed by atoms with van der Waals surface area (Å²) >= 11 is 0. The third-order valence-corrected chi connectivity index (χ3v) is 3.59. The molecule has 110 valence electrons. The molecular formula is C19H16O3. The van der Waals surface area contributed by atoms with Gasteiger partial charge in [0.2, 0.25) is 0 Å². The largest absolute Gasteiger partial charge is 0.497 e. The van der Waals surface area contributed by atoms with Crippen LogP contribution in [0.1, 0.15) is 15.9 Å². The average molecular weight is 292 g/mol. The summed E-state index contributed by atoms with van der Waals surface area (Å²) in [5.74, 6) is 0.922. The van der Waals surface area contributed by atoms with Gasteiger partial charge in [0.1, 0.15) is 11.5 Å². The van der Waals surface area contributed by atoms with Crippen LogP contribution in [0.2, 0.25) is 0 Å². The first kappa shape index (κ1) is 14.1. The first-order valence-corrected chi connectivity index (χ1v) is 7.03. The molecule has 3 rings (SSSR count). The molecule has 0 radical (unpaired) electrons. The van der Waals surface area contributed by atoms with Crippen molar-refractivity contribution in [3.8, 4) is 11.5 Å². The second-order valence-corrected chi connectivity index (χ2v) is 5.05. The molecular weight excluding hydrogens is 276 g/mol. The molecule has 0 amide bonds. The highest BCUT2D eigenvalue weighted by Crippen LogP contribution is 2.25. The minimum absolute atomic E-state index is 0.356. The average Bonchev–Trinajstić information content (AvgIpc) is 2.56. The highest BCUT2D eigenvalue weighted by atomic mass is 16.5. The van der Waals surface area contributed by atoms with Crippen LogP contribution in [0.5, 0.6) is 11.5 Å². The number of ether oxygens (including phenoxy) is 2. The lowest BCUT2D eigenvalue weighted by Crippen LogP contribution is -2.09. The number of hydrogen-bond donors (Lipinski definition) is 0. The van der Waals surface area contributed by atoms with Crippen molar-refractivity contribution in [3.63, 3.8) is 0 Å². The number of fused-ring (bicyclic) bond motifs is 1. The zero-order valence-electron chi connectivity index (χ0n) is 12.5. The fourth-order valence-electron chi connectivity index (χ4n) is 2.42. The van der Waals surface area contributed by atoms with Gasteiger partial charge in [0.25, 0.3) is 0 Å². The van der Waals surface area contributed by atoms with Crippen LogP contribution in [-0.4, -0.2) is 13.1 Å². The molecule has 0 aliphatic carbocycles. The van der Waals surface area contributed by atoms with Gasteiger partial charge in [-0.3, -0.25) is 0 Å². The van der Waals surface area contributed by atoms with Gasteiger partial charge in [-0.05, 0) is 47.5 Å². The van der Waals surface area contributed by atoms with E-state index in [4.69, 9.17) is 9.47 Å². The van der Waals surface area contributed by atoms with E-state index in [-0.39, 0.29) is 5.97 Å². The summed E-state index contributed by atoms with van der Waals surface area (Å²) in [4.78, 5) is 12.5. The van der Waals surface area contributed by atoms with Gasteiger partial charge in [0.15, 0.2) is 0 Å². The van der Waals surface area contributed by atoms with Crippen molar-refractivity contribution in [3.05, 3.63) is 71.8 Å². The number of carbonyl (C=O) groups excluding carboxylic acids is 1. The van der Waals surface area contributed by atoms with Gasteiger partial charge in [0, 0.05) is 0 Å². The van der Waals surface area contributed by atoms with Crippen LogP contribution in [0.4, 0.5) is 0 Å². The molecule has 22 heavy (non-hydrogen) atoms. The minimum Gasteiger partial charge on any atom is -0.497 e. The van der Waals surface area contributed by atoms with Gasteiger partial charge in [-0.25, -0.2) is 4.79 Å². The van der Waals surface area contributed by atoms with Crippen LogP contribution in [0, 0.1) is 6.92 Å². The zero-order valence-corrected chi connectivity index (χ0v) is 12.5. The molecule has 0 aliphatic rings. The number of hydrogen-bond acceptors (Lipinski definition) is 3. The molecule has 0 heterocycles. The van der Waals surface area contributed by atoms with Crippen LogP contribution in [0.25, 0.3) is 10.8 Å². The summed E-state index contributed by atoms with van der Waals surface area (Å²) in [6.07, 6.45) is 0. The number of esters is 1. The Labute approximate surface area is 129 Å². The van der Waals surface area contributed by atoms with E-state index in [0.29, 0.717) is 11.3 Å². The monoisotopic (exact) mass is 292 g/mol. The predicted molar refractivity (Wildman–Crippen MR) is 86.6 cm³/mol. The number of benzene rings is 3. The zero-order chi connectivity index (χ0) is 15.5. The SMILES string of the molecule is COc1ccc(OC(=O)c2cccc3ccccc23)c(C)c1. The fourth-order valence-corrected chi connectivity index (χ4v) is 2.42. The number of carbonyl (C=O) groups is 1. The first-order chi connectivity index (χ1) is 10.7. The Kier molecular flexibility index (Phi) is 3.79. The van der Waals surface area contributed by atoms with E-state index in [2.05, 4.69) is 0 Å². The Bertz CT molecular complexity index is 832. The molecule has 0 unspecified atom stereocenters. The van der Waals surface area contributed by atoms with Crippen molar-refractivity contribution in [2.45, 2.75) is 6.92 Å². The standard InChI is InChI=1S/C19H16O3/c1-13-12-15(21-2)10-11-18(13)22-19(20)17-9-5-7-14-6-3-4-8-16(14)17/h3-12H,1-2H3. The van der Waals surface area contributed by atoms with E-state index in [1.54, 1.807) is 25.3 Å². The molecule has 0 N–H and O–H groups in total. The van der Waals surface area contributed by atoms with Gasteiger partial charge >= 0.3 is 5.97 Å². The molecule has 3 aromatic rings. The molecule has 0 aliphatic heterocycles. The summed E-state index contributed by atoms with van der Waals surface area (Å²) in [5, 5.41) is 1.91. The molecule has 0 saturated heterocycles. The van der Waals surface area contributed by atoms with Gasteiger partial charge in [0.05, 0.1) is 12.7 Å². The maximum absolute atomic E-state index is 12.5. The van der Waals surface area contributed by atoms with Crippen LogP contribution in [0.15, 0.2) is 60.7 Å². The number of methoxy groups -OCH3 is 1. The molecule has 0 saturated carbocycles. The van der Waals surface area contributed by atoms with Crippen LogP contribution in [-0.2, 0) is 0 Å². The Morgan fingerprint density at radius 2 is 1.73 bits per heavy atom. The predicted octanol–water partition coefficient (Wildman–Crippen LogP) is 4.38. The van der Waals surface area contributed by atoms with Gasteiger partial charge in [-0.15, -0.1) is 0 Å². The van der Waals surface area contributed by atoms with E-state index in [1.807, 2.05) is 49.4 Å². The maximum atomic E-state index is 12.5. The molecule has 0 fully saturated rings. The number of aryl methyl sites for hydroxylation is 1. The van der Waals surface area contributed by atoms with Gasteiger partial charge in [-0.2, -0.15) is 0 Å². The van der Waals surface area contributed by atoms with Crippen molar-refractivity contribution >= 4 is 16.7 Å². The number of rotatable bonds is 3. The lowest BCUT2D eigenvalue weighted by Gasteiger charge is -2.10. The Hall–Kier alpha value is -2.81. The molecule has 0 atom stereocenters. The molecule has 3 nitrogen and oxygen atoms in total. The van der Waals surface area contributed by atoms with Crippen LogP contribution in [0.3, 0.4) is 0 Å². The quantitative estimate of drug-likeness (QED) is 0.531. The van der Waals surface area contributed by atoms with Crippen molar-refractivity contribution in [2.24, 2.45) is 0 Å². The second-order valence-electron chi connectivity index (χ2n) is 5.05. The van der Waals surface area contributed by atoms with Crippen molar-refractivity contribution in [1.82, 2.24) is 0 Å². The third-order valence-electron chi connectivity index (χ3n) is 3.59. The highest BCUT2D eigenvalue weighted by molar-refractivity contribution is 6.05. The van der Waals surface area contributed by atoms with E-state index in [0.717, 1.165) is 22.1 Å². The smallest absolute Gasteiger partial charge is 0.344 e. The van der Waals surface area contributed by atoms with Crippen molar-refractivity contribution in [2.75, 3.05) is 7.11 Å². The first-order valence-electron chi connectivity index (χ1n) is 7.03. The summed E-state index contributed by atoms with van der Waals surface area (Å²) in [6, 6.07) is 18.7.